The van der Waals surface area contributed by atoms with E-state index in [1.807, 2.05) is 11.8 Å². The van der Waals surface area contributed by atoms with E-state index in [-0.39, 0.29) is 24.2 Å². The number of hydrogen-bond acceptors (Lipinski definition) is 3. The van der Waals surface area contributed by atoms with E-state index >= 15 is 0 Å². The van der Waals surface area contributed by atoms with Crippen molar-refractivity contribution in [1.82, 2.24) is 10.2 Å². The molecule has 100 valence electrons. The van der Waals surface area contributed by atoms with Crippen LogP contribution in [0.3, 0.4) is 0 Å². The van der Waals surface area contributed by atoms with Crippen LogP contribution in [-0.4, -0.2) is 42.8 Å². The van der Waals surface area contributed by atoms with Crippen LogP contribution in [0.1, 0.15) is 40.5 Å². The van der Waals surface area contributed by atoms with Gasteiger partial charge >= 0.3 is 0 Å². The van der Waals surface area contributed by atoms with Gasteiger partial charge in [0.15, 0.2) is 0 Å². The van der Waals surface area contributed by atoms with E-state index in [0.29, 0.717) is 12.5 Å². The summed E-state index contributed by atoms with van der Waals surface area (Å²) in [6.07, 6.45) is 1.95. The van der Waals surface area contributed by atoms with E-state index in [4.69, 9.17) is 4.74 Å². The molecule has 0 aromatic rings. The summed E-state index contributed by atoms with van der Waals surface area (Å²) >= 11 is 0. The Bertz CT molecular complexity index is 256. The van der Waals surface area contributed by atoms with Gasteiger partial charge in [0, 0.05) is 7.11 Å². The Balaban J connectivity index is 2.86. The van der Waals surface area contributed by atoms with Crippen molar-refractivity contribution in [3.05, 3.63) is 0 Å². The number of amides is 1. The second-order valence-corrected chi connectivity index (χ2v) is 5.06. The molecule has 0 bridgehead atoms. The number of carbonyl (C=O) groups is 1. The third-order valence-electron chi connectivity index (χ3n) is 3.54. The van der Waals surface area contributed by atoms with Crippen LogP contribution < -0.4 is 5.32 Å². The van der Waals surface area contributed by atoms with Crippen LogP contribution in [0.5, 0.6) is 0 Å². The van der Waals surface area contributed by atoms with Crippen LogP contribution in [0.2, 0.25) is 0 Å². The molecule has 0 saturated carbocycles. The van der Waals surface area contributed by atoms with E-state index in [2.05, 4.69) is 26.1 Å². The highest BCUT2D eigenvalue weighted by Crippen LogP contribution is 2.23. The molecule has 1 aliphatic rings. The van der Waals surface area contributed by atoms with Gasteiger partial charge in [-0.15, -0.1) is 0 Å². The number of ether oxygens (including phenoxy) is 1. The molecule has 17 heavy (non-hydrogen) atoms. The lowest BCUT2D eigenvalue weighted by atomic mass is 10.0. The summed E-state index contributed by atoms with van der Waals surface area (Å²) in [5.41, 5.74) is 0. The standard InChI is InChI=1S/C13H26N2O2/c1-6-10-13(16)15(12(7-2)14-10)11(8-17-5)9(3)4/h9-12,14H,6-8H2,1-5H3. The van der Waals surface area contributed by atoms with Crippen LogP contribution in [-0.2, 0) is 9.53 Å². The number of nitrogens with one attached hydrogen (secondary N) is 1. The Morgan fingerprint density at radius 2 is 2.00 bits per heavy atom. The summed E-state index contributed by atoms with van der Waals surface area (Å²) in [4.78, 5) is 14.3. The Morgan fingerprint density at radius 1 is 1.35 bits per heavy atom. The van der Waals surface area contributed by atoms with Crippen molar-refractivity contribution in [2.75, 3.05) is 13.7 Å². The molecule has 4 heteroatoms. The lowest BCUT2D eigenvalue weighted by Gasteiger charge is -2.34. The van der Waals surface area contributed by atoms with E-state index in [0.717, 1.165) is 12.8 Å². The highest BCUT2D eigenvalue weighted by molar-refractivity contribution is 5.84. The van der Waals surface area contributed by atoms with Crippen molar-refractivity contribution in [2.45, 2.75) is 58.8 Å². The van der Waals surface area contributed by atoms with Crippen LogP contribution in [0.25, 0.3) is 0 Å². The topological polar surface area (TPSA) is 41.6 Å². The molecule has 1 saturated heterocycles. The fourth-order valence-electron chi connectivity index (χ4n) is 2.48. The van der Waals surface area contributed by atoms with Gasteiger partial charge in [-0.25, -0.2) is 0 Å². The molecule has 4 nitrogen and oxygen atoms in total. The normalized spacial score (nSPS) is 26.9. The zero-order valence-electron chi connectivity index (χ0n) is 11.7. The van der Waals surface area contributed by atoms with Crippen LogP contribution in [0.4, 0.5) is 0 Å². The second-order valence-electron chi connectivity index (χ2n) is 5.06. The Labute approximate surface area is 105 Å². The van der Waals surface area contributed by atoms with Gasteiger partial charge in [0.1, 0.15) is 0 Å². The summed E-state index contributed by atoms with van der Waals surface area (Å²) < 4.78 is 5.27. The summed E-state index contributed by atoms with van der Waals surface area (Å²) in [7, 11) is 1.70. The first-order valence-electron chi connectivity index (χ1n) is 6.63. The molecular formula is C13H26N2O2. The molecule has 0 aliphatic carbocycles. The third-order valence-corrected chi connectivity index (χ3v) is 3.54. The zero-order chi connectivity index (χ0) is 13.0. The molecule has 3 unspecified atom stereocenters. The highest BCUT2D eigenvalue weighted by atomic mass is 16.5. The first kappa shape index (κ1) is 14.5. The molecule has 0 radical (unpaired) electrons. The quantitative estimate of drug-likeness (QED) is 0.769. The predicted molar refractivity (Wildman–Crippen MR) is 68.6 cm³/mol. The molecule has 1 rings (SSSR count). The molecule has 3 atom stereocenters. The summed E-state index contributed by atoms with van der Waals surface area (Å²) in [5.74, 6) is 0.639. The minimum absolute atomic E-state index is 0.0157. The van der Waals surface area contributed by atoms with Gasteiger partial charge in [0.05, 0.1) is 24.9 Å². The van der Waals surface area contributed by atoms with Gasteiger partial charge in [-0.1, -0.05) is 27.7 Å². The lowest BCUT2D eigenvalue weighted by Crippen LogP contribution is -2.49. The third kappa shape index (κ3) is 2.99. The maximum Gasteiger partial charge on any atom is 0.241 e. The first-order chi connectivity index (χ1) is 8.06. The van der Waals surface area contributed by atoms with Crippen molar-refractivity contribution in [3.8, 4) is 0 Å². The van der Waals surface area contributed by atoms with Crippen molar-refractivity contribution < 1.29 is 9.53 Å². The maximum absolute atomic E-state index is 12.3. The van der Waals surface area contributed by atoms with Gasteiger partial charge in [-0.2, -0.15) is 0 Å². The van der Waals surface area contributed by atoms with E-state index in [1.165, 1.54) is 0 Å². The first-order valence-corrected chi connectivity index (χ1v) is 6.63. The number of nitrogens with zero attached hydrogens (tertiary/aromatic N) is 1. The van der Waals surface area contributed by atoms with E-state index in [9.17, 15) is 4.79 Å². The molecule has 1 heterocycles. The number of methoxy groups -OCH3 is 1. The smallest absolute Gasteiger partial charge is 0.241 e. The SMILES string of the molecule is CCC1NC(CC)N(C(COC)C(C)C)C1=O. The Morgan fingerprint density at radius 3 is 2.41 bits per heavy atom. The van der Waals surface area contributed by atoms with Gasteiger partial charge < -0.3 is 9.64 Å². The average Bonchev–Trinajstić information content (AvgIpc) is 2.62. The molecule has 0 spiro atoms. The van der Waals surface area contributed by atoms with Crippen LogP contribution in [0.15, 0.2) is 0 Å². The molecule has 1 N–H and O–H groups in total. The van der Waals surface area contributed by atoms with Crippen LogP contribution in [0, 0.1) is 5.92 Å². The van der Waals surface area contributed by atoms with Gasteiger partial charge in [0.2, 0.25) is 5.91 Å². The van der Waals surface area contributed by atoms with Gasteiger partial charge in [-0.3, -0.25) is 10.1 Å². The minimum Gasteiger partial charge on any atom is -0.383 e. The predicted octanol–water partition coefficient (Wildman–Crippen LogP) is 1.60. The Kier molecular flexibility index (Phi) is 5.40. The lowest BCUT2D eigenvalue weighted by molar-refractivity contribution is -0.134. The molecule has 1 fully saturated rings. The summed E-state index contributed by atoms with van der Waals surface area (Å²) in [5, 5.41) is 3.40. The largest absolute Gasteiger partial charge is 0.383 e. The average molecular weight is 242 g/mol. The number of rotatable bonds is 6. The number of hydrogen-bond donors (Lipinski definition) is 1. The molecule has 0 aromatic carbocycles. The maximum atomic E-state index is 12.3. The van der Waals surface area contributed by atoms with Crippen molar-refractivity contribution in [2.24, 2.45) is 5.92 Å². The molecular weight excluding hydrogens is 216 g/mol. The van der Waals surface area contributed by atoms with Crippen molar-refractivity contribution >= 4 is 5.91 Å². The minimum atomic E-state index is -0.0157. The van der Waals surface area contributed by atoms with E-state index in [1.54, 1.807) is 7.11 Å². The highest BCUT2D eigenvalue weighted by Gasteiger charge is 2.41. The van der Waals surface area contributed by atoms with Crippen LogP contribution >= 0.6 is 0 Å². The number of carbonyl (C=O) groups excluding carboxylic acids is 1. The summed E-state index contributed by atoms with van der Waals surface area (Å²) in [6.45, 7) is 9.05. The summed E-state index contributed by atoms with van der Waals surface area (Å²) in [6, 6.07) is 0.152. The molecule has 1 amide bonds. The van der Waals surface area contributed by atoms with Crippen molar-refractivity contribution in [1.29, 1.82) is 0 Å². The second kappa shape index (κ2) is 6.36. The monoisotopic (exact) mass is 242 g/mol. The Hall–Kier alpha value is -0.610. The van der Waals surface area contributed by atoms with Gasteiger partial charge in [-0.05, 0) is 18.8 Å². The fourth-order valence-corrected chi connectivity index (χ4v) is 2.48. The van der Waals surface area contributed by atoms with Gasteiger partial charge in [0.25, 0.3) is 0 Å². The fraction of sp³-hybridized carbons (Fsp3) is 0.923. The molecule has 0 aromatic heterocycles. The van der Waals surface area contributed by atoms with E-state index < -0.39 is 0 Å². The molecule has 1 aliphatic heterocycles. The zero-order valence-corrected chi connectivity index (χ0v) is 11.7. The van der Waals surface area contributed by atoms with Crippen molar-refractivity contribution in [3.63, 3.8) is 0 Å².